The molecule has 0 saturated heterocycles. The fourth-order valence-electron chi connectivity index (χ4n) is 3.84. The molecule has 4 rings (SSSR count). The number of carbonyl (C=O) groups excluding carboxylic acids is 2. The molecule has 2 aromatic carbocycles. The average molecular weight is 436 g/mol. The number of rotatable bonds is 7. The van der Waals surface area contributed by atoms with Crippen LogP contribution in [0.4, 0.5) is 5.13 Å². The van der Waals surface area contributed by atoms with E-state index in [0.717, 1.165) is 41.1 Å². The molecule has 6 nitrogen and oxygen atoms in total. The van der Waals surface area contributed by atoms with Gasteiger partial charge in [0.05, 0.1) is 18.7 Å². The van der Waals surface area contributed by atoms with Crippen molar-refractivity contribution in [3.05, 3.63) is 76.3 Å². The van der Waals surface area contributed by atoms with Crippen LogP contribution in [0.3, 0.4) is 0 Å². The van der Waals surface area contributed by atoms with Gasteiger partial charge in [-0.25, -0.2) is 4.98 Å². The van der Waals surface area contributed by atoms with Crippen LogP contribution in [-0.2, 0) is 17.6 Å². The second kappa shape index (κ2) is 9.75. The van der Waals surface area contributed by atoms with Crippen molar-refractivity contribution < 1.29 is 14.3 Å². The monoisotopic (exact) mass is 435 g/mol. The highest BCUT2D eigenvalue weighted by Crippen LogP contribution is 2.37. The molecule has 31 heavy (non-hydrogen) atoms. The quantitative estimate of drug-likeness (QED) is 0.583. The van der Waals surface area contributed by atoms with Gasteiger partial charge in [0, 0.05) is 17.0 Å². The van der Waals surface area contributed by atoms with Gasteiger partial charge in [0.2, 0.25) is 5.91 Å². The maximum Gasteiger partial charge on any atom is 0.257 e. The smallest absolute Gasteiger partial charge is 0.257 e. The molecule has 0 bridgehead atoms. The second-order valence-corrected chi connectivity index (χ2v) is 8.53. The van der Waals surface area contributed by atoms with Gasteiger partial charge >= 0.3 is 0 Å². The van der Waals surface area contributed by atoms with Crippen LogP contribution >= 0.6 is 11.3 Å². The molecular weight excluding hydrogens is 410 g/mol. The fourth-order valence-corrected chi connectivity index (χ4v) is 4.90. The van der Waals surface area contributed by atoms with E-state index in [1.54, 1.807) is 19.2 Å². The van der Waals surface area contributed by atoms with E-state index in [9.17, 15) is 9.59 Å². The van der Waals surface area contributed by atoms with Gasteiger partial charge in [-0.15, -0.1) is 11.3 Å². The molecule has 2 amide bonds. The highest BCUT2D eigenvalue weighted by Gasteiger charge is 2.30. The van der Waals surface area contributed by atoms with Crippen LogP contribution in [0.25, 0.3) is 0 Å². The Labute approximate surface area is 185 Å². The number of amides is 2. The molecular formula is C24H25N3O3S. The number of nitrogens with one attached hydrogen (secondary N) is 2. The minimum absolute atomic E-state index is 0.0120. The number of fused-ring (bicyclic) bond motifs is 1. The van der Waals surface area contributed by atoms with Gasteiger partial charge < -0.3 is 10.1 Å². The van der Waals surface area contributed by atoms with Crippen molar-refractivity contribution in [2.45, 2.75) is 31.6 Å². The van der Waals surface area contributed by atoms with E-state index < -0.39 is 0 Å². The number of hydrogen-bond acceptors (Lipinski definition) is 5. The van der Waals surface area contributed by atoms with Crippen LogP contribution in [0.15, 0.2) is 54.6 Å². The summed E-state index contributed by atoms with van der Waals surface area (Å²) in [5.74, 6) is 0.349. The molecule has 0 fully saturated rings. The number of nitrogens with zero attached hydrogens (tertiary/aromatic N) is 1. The van der Waals surface area contributed by atoms with Crippen molar-refractivity contribution in [2.75, 3.05) is 19.0 Å². The molecule has 0 spiro atoms. The highest BCUT2D eigenvalue weighted by molar-refractivity contribution is 7.16. The van der Waals surface area contributed by atoms with E-state index in [1.807, 2.05) is 42.5 Å². The number of aromatic nitrogens is 1. The van der Waals surface area contributed by atoms with Crippen LogP contribution in [0.2, 0.25) is 0 Å². The maximum absolute atomic E-state index is 12.9. The number of benzene rings is 2. The maximum atomic E-state index is 12.9. The lowest BCUT2D eigenvalue weighted by Gasteiger charge is -2.20. The van der Waals surface area contributed by atoms with Gasteiger partial charge in [0.1, 0.15) is 5.75 Å². The lowest BCUT2D eigenvalue weighted by Crippen LogP contribution is -2.32. The van der Waals surface area contributed by atoms with Crippen molar-refractivity contribution in [2.24, 2.45) is 0 Å². The molecule has 0 aliphatic heterocycles. The molecule has 0 saturated carbocycles. The van der Waals surface area contributed by atoms with Crippen molar-refractivity contribution in [1.29, 1.82) is 0 Å². The molecule has 1 heterocycles. The SMILES string of the molecule is COc1ccccc1CCNC(=O)[C@H]1CCCc2sc(NC(=O)c3ccccc3)nc21. The number of carbonyl (C=O) groups is 2. The van der Waals surface area contributed by atoms with Gasteiger partial charge in [-0.1, -0.05) is 36.4 Å². The predicted molar refractivity (Wildman–Crippen MR) is 122 cm³/mol. The number of hydrogen-bond donors (Lipinski definition) is 2. The number of ether oxygens (including phenoxy) is 1. The molecule has 0 unspecified atom stereocenters. The Morgan fingerprint density at radius 1 is 1.13 bits per heavy atom. The zero-order valence-electron chi connectivity index (χ0n) is 17.4. The van der Waals surface area contributed by atoms with E-state index in [-0.39, 0.29) is 17.7 Å². The predicted octanol–water partition coefficient (Wildman–Crippen LogP) is 4.18. The Balaban J connectivity index is 1.39. The summed E-state index contributed by atoms with van der Waals surface area (Å²) in [6.45, 7) is 0.535. The van der Waals surface area contributed by atoms with Crippen molar-refractivity contribution in [3.63, 3.8) is 0 Å². The van der Waals surface area contributed by atoms with Crippen molar-refractivity contribution in [1.82, 2.24) is 10.3 Å². The topological polar surface area (TPSA) is 80.3 Å². The second-order valence-electron chi connectivity index (χ2n) is 7.45. The van der Waals surface area contributed by atoms with Crippen molar-refractivity contribution >= 4 is 28.3 Å². The summed E-state index contributed by atoms with van der Waals surface area (Å²) in [5, 5.41) is 6.48. The highest BCUT2D eigenvalue weighted by atomic mass is 32.1. The molecule has 0 radical (unpaired) electrons. The third-order valence-electron chi connectivity index (χ3n) is 5.41. The van der Waals surface area contributed by atoms with Gasteiger partial charge in [0.25, 0.3) is 5.91 Å². The number of aryl methyl sites for hydroxylation is 1. The van der Waals surface area contributed by atoms with E-state index in [1.165, 1.54) is 11.3 Å². The van der Waals surface area contributed by atoms with Gasteiger partial charge in [-0.3, -0.25) is 14.9 Å². The van der Waals surface area contributed by atoms with Crippen LogP contribution < -0.4 is 15.4 Å². The van der Waals surface area contributed by atoms with Crippen LogP contribution in [0.1, 0.15) is 45.3 Å². The van der Waals surface area contributed by atoms with E-state index >= 15 is 0 Å². The molecule has 1 aliphatic rings. The van der Waals surface area contributed by atoms with E-state index in [4.69, 9.17) is 4.74 Å². The third kappa shape index (κ3) is 4.94. The summed E-state index contributed by atoms with van der Waals surface area (Å²) < 4.78 is 5.38. The van der Waals surface area contributed by atoms with Crippen molar-refractivity contribution in [3.8, 4) is 5.75 Å². The van der Waals surface area contributed by atoms with Crippen LogP contribution in [0, 0.1) is 0 Å². The Morgan fingerprint density at radius 2 is 1.90 bits per heavy atom. The molecule has 3 aromatic rings. The zero-order valence-corrected chi connectivity index (χ0v) is 18.2. The summed E-state index contributed by atoms with van der Waals surface area (Å²) in [4.78, 5) is 31.0. The fraction of sp³-hybridized carbons (Fsp3) is 0.292. The largest absolute Gasteiger partial charge is 0.496 e. The number of thiazole rings is 1. The lowest BCUT2D eigenvalue weighted by molar-refractivity contribution is -0.122. The Bertz CT molecular complexity index is 1060. The zero-order chi connectivity index (χ0) is 21.6. The molecule has 2 N–H and O–H groups in total. The minimum Gasteiger partial charge on any atom is -0.496 e. The normalized spacial score (nSPS) is 15.1. The first kappa shape index (κ1) is 21.1. The standard InChI is InChI=1S/C24H25N3O3S/c1-30-19-12-6-5-8-16(19)14-15-25-23(29)18-11-7-13-20-21(18)26-24(31-20)27-22(28)17-9-3-2-4-10-17/h2-6,8-10,12,18H,7,11,13-15H2,1H3,(H,25,29)(H,26,27,28)/t18-/m0/s1. The first-order chi connectivity index (χ1) is 15.2. The molecule has 1 aromatic heterocycles. The number of methoxy groups -OCH3 is 1. The van der Waals surface area contributed by atoms with E-state index in [2.05, 4.69) is 15.6 Å². The molecule has 1 aliphatic carbocycles. The average Bonchev–Trinajstić information content (AvgIpc) is 3.22. The van der Waals surface area contributed by atoms with E-state index in [0.29, 0.717) is 23.7 Å². The summed E-state index contributed by atoms with van der Waals surface area (Å²) >= 11 is 1.47. The first-order valence-electron chi connectivity index (χ1n) is 10.4. The Kier molecular flexibility index (Phi) is 6.62. The summed E-state index contributed by atoms with van der Waals surface area (Å²) in [6, 6.07) is 16.9. The lowest BCUT2D eigenvalue weighted by atomic mass is 9.90. The van der Waals surface area contributed by atoms with Gasteiger partial charge in [0.15, 0.2) is 5.13 Å². The first-order valence-corrected chi connectivity index (χ1v) is 11.2. The summed E-state index contributed by atoms with van der Waals surface area (Å²) in [5.41, 5.74) is 2.45. The Morgan fingerprint density at radius 3 is 2.71 bits per heavy atom. The number of anilines is 1. The minimum atomic E-state index is -0.278. The molecule has 1 atom stereocenters. The third-order valence-corrected chi connectivity index (χ3v) is 6.46. The Hall–Kier alpha value is -3.19. The summed E-state index contributed by atoms with van der Waals surface area (Å²) in [6.07, 6.45) is 3.29. The van der Waals surface area contributed by atoms with Gasteiger partial charge in [-0.05, 0) is 49.4 Å². The molecule has 160 valence electrons. The summed E-state index contributed by atoms with van der Waals surface area (Å²) in [7, 11) is 1.65. The number of para-hydroxylation sites is 1. The van der Waals surface area contributed by atoms with Gasteiger partial charge in [-0.2, -0.15) is 0 Å². The van der Waals surface area contributed by atoms with Crippen LogP contribution in [-0.4, -0.2) is 30.5 Å². The van der Waals surface area contributed by atoms with Crippen LogP contribution in [0.5, 0.6) is 5.75 Å². The molecule has 7 heteroatoms.